The normalized spacial score (nSPS) is 12.8. The first-order valence-corrected chi connectivity index (χ1v) is 6.62. The van der Waals surface area contributed by atoms with Gasteiger partial charge in [-0.3, -0.25) is 4.79 Å². The molecule has 0 radical (unpaired) electrons. The van der Waals surface area contributed by atoms with E-state index in [9.17, 15) is 19.8 Å². The third kappa shape index (κ3) is 4.48. The van der Waals surface area contributed by atoms with E-state index in [0.29, 0.717) is 12.1 Å². The molecule has 0 aromatic heterocycles. The highest BCUT2D eigenvalue weighted by Gasteiger charge is 2.28. The van der Waals surface area contributed by atoms with Gasteiger partial charge in [-0.25, -0.2) is 4.79 Å². The fourth-order valence-electron chi connectivity index (χ4n) is 1.62. The Morgan fingerprint density at radius 1 is 1.45 bits per heavy atom. The predicted molar refractivity (Wildman–Crippen MR) is 78.7 cm³/mol. The van der Waals surface area contributed by atoms with Crippen LogP contribution in [0.1, 0.15) is 29.8 Å². The van der Waals surface area contributed by atoms with Crippen LogP contribution < -0.4 is 10.8 Å². The van der Waals surface area contributed by atoms with Crippen molar-refractivity contribution in [3.05, 3.63) is 29.3 Å². The van der Waals surface area contributed by atoms with Crippen LogP contribution in [-0.4, -0.2) is 40.8 Å². The number of hydroxylamine groups is 1. The summed E-state index contributed by atoms with van der Waals surface area (Å²) < 4.78 is 0. The van der Waals surface area contributed by atoms with E-state index in [2.05, 4.69) is 21.6 Å². The van der Waals surface area contributed by atoms with E-state index in [0.717, 1.165) is 0 Å². The summed E-state index contributed by atoms with van der Waals surface area (Å²) >= 11 is 0. The second kappa shape index (κ2) is 8.02. The summed E-state index contributed by atoms with van der Waals surface area (Å²) in [5.74, 6) is 0.420. The molecule has 22 heavy (non-hydrogen) atoms. The topological polar surface area (TPSA) is 108 Å². The highest BCUT2D eigenvalue weighted by molar-refractivity contribution is 5.99. The first kappa shape index (κ1) is 17.5. The Morgan fingerprint density at radius 2 is 2.14 bits per heavy atom. The predicted octanol–water partition coefficient (Wildman–Crippen LogP) is -0.0796. The molecule has 1 amide bonds. The number of hydrogen-bond acceptors (Lipinski definition) is 6. The fraction of sp³-hybridized carbons (Fsp3) is 0.333. The number of carbonyl (C=O) groups excluding carboxylic acids is 2. The van der Waals surface area contributed by atoms with Gasteiger partial charge in [0.05, 0.1) is 11.7 Å². The van der Waals surface area contributed by atoms with Crippen LogP contribution in [0.5, 0.6) is 5.75 Å². The van der Waals surface area contributed by atoms with Crippen molar-refractivity contribution in [1.29, 1.82) is 0 Å². The van der Waals surface area contributed by atoms with Crippen molar-refractivity contribution < 1.29 is 24.6 Å². The molecule has 0 unspecified atom stereocenters. The van der Waals surface area contributed by atoms with E-state index >= 15 is 0 Å². The number of phenols is 1. The summed E-state index contributed by atoms with van der Waals surface area (Å²) in [7, 11) is 0. The standard InChI is InChI=1S/C15H18N2O5/c1-4-10-6-7-11(12(19)8-10)14(20)17-13(9(3)18)15(21)22-16-5-2/h1,6-9,13,16,18-19H,5H2,2-3H3,(H,17,20)/t9-,13+/m0/s1. The lowest BCUT2D eigenvalue weighted by atomic mass is 10.1. The molecular formula is C15H18N2O5. The highest BCUT2D eigenvalue weighted by atomic mass is 16.7. The van der Waals surface area contributed by atoms with Crippen LogP contribution in [0.2, 0.25) is 0 Å². The molecule has 0 saturated carbocycles. The quantitative estimate of drug-likeness (QED) is 0.432. The largest absolute Gasteiger partial charge is 0.507 e. The molecule has 7 heteroatoms. The Balaban J connectivity index is 2.88. The SMILES string of the molecule is C#Cc1ccc(C(=O)N[C@@H](C(=O)ONCC)[C@H](C)O)c(O)c1. The molecule has 0 saturated heterocycles. The smallest absolute Gasteiger partial charge is 0.350 e. The van der Waals surface area contributed by atoms with Crippen LogP contribution in [0.3, 0.4) is 0 Å². The Hall–Kier alpha value is -2.56. The van der Waals surface area contributed by atoms with E-state index in [4.69, 9.17) is 6.42 Å². The summed E-state index contributed by atoms with van der Waals surface area (Å²) in [5.41, 5.74) is 2.68. The maximum Gasteiger partial charge on any atom is 0.350 e. The Labute approximate surface area is 128 Å². The first-order valence-electron chi connectivity index (χ1n) is 6.62. The molecule has 0 aliphatic heterocycles. The molecule has 0 heterocycles. The van der Waals surface area contributed by atoms with Crippen molar-refractivity contribution in [1.82, 2.24) is 10.8 Å². The molecule has 1 rings (SSSR count). The van der Waals surface area contributed by atoms with E-state index in [1.807, 2.05) is 0 Å². The minimum atomic E-state index is -1.28. The van der Waals surface area contributed by atoms with Gasteiger partial charge in [-0.05, 0) is 32.0 Å². The number of phenolic OH excluding ortho intramolecular Hbond substituents is 1. The van der Waals surface area contributed by atoms with Crippen molar-refractivity contribution in [2.45, 2.75) is 26.0 Å². The number of aliphatic hydroxyl groups excluding tert-OH is 1. The lowest BCUT2D eigenvalue weighted by Crippen LogP contribution is -2.49. The van der Waals surface area contributed by atoms with Crippen molar-refractivity contribution >= 4 is 11.9 Å². The molecule has 2 atom stereocenters. The average Bonchev–Trinajstić information content (AvgIpc) is 2.49. The van der Waals surface area contributed by atoms with Gasteiger partial charge in [0, 0.05) is 12.1 Å². The zero-order valence-electron chi connectivity index (χ0n) is 12.3. The van der Waals surface area contributed by atoms with Gasteiger partial charge in [-0.1, -0.05) is 5.92 Å². The Bertz CT molecular complexity index is 592. The van der Waals surface area contributed by atoms with Crippen LogP contribution in [-0.2, 0) is 9.63 Å². The van der Waals surface area contributed by atoms with Crippen molar-refractivity contribution in [2.24, 2.45) is 0 Å². The van der Waals surface area contributed by atoms with Crippen LogP contribution in [0.4, 0.5) is 0 Å². The molecule has 4 N–H and O–H groups in total. The van der Waals surface area contributed by atoms with E-state index in [-0.39, 0.29) is 11.3 Å². The lowest BCUT2D eigenvalue weighted by molar-refractivity contribution is -0.156. The maximum atomic E-state index is 12.1. The second-order valence-corrected chi connectivity index (χ2v) is 4.49. The molecule has 0 bridgehead atoms. The number of aliphatic hydroxyl groups is 1. The monoisotopic (exact) mass is 306 g/mol. The average molecular weight is 306 g/mol. The van der Waals surface area contributed by atoms with Crippen molar-refractivity contribution in [3.8, 4) is 18.1 Å². The fourth-order valence-corrected chi connectivity index (χ4v) is 1.62. The molecule has 1 aromatic rings. The molecule has 7 nitrogen and oxygen atoms in total. The van der Waals surface area contributed by atoms with Gasteiger partial charge in [-0.2, -0.15) is 5.48 Å². The Kier molecular flexibility index (Phi) is 6.38. The van der Waals surface area contributed by atoms with Gasteiger partial charge in [0.25, 0.3) is 5.91 Å². The summed E-state index contributed by atoms with van der Waals surface area (Å²) in [6.45, 7) is 3.42. The molecule has 0 aliphatic carbocycles. The number of benzene rings is 1. The van der Waals surface area contributed by atoms with Crippen molar-refractivity contribution in [2.75, 3.05) is 6.54 Å². The number of nitrogens with one attached hydrogen (secondary N) is 2. The molecule has 0 fully saturated rings. The van der Waals surface area contributed by atoms with Gasteiger partial charge in [0.1, 0.15) is 5.75 Å². The van der Waals surface area contributed by atoms with Gasteiger partial charge in [-0.15, -0.1) is 6.42 Å². The number of carbonyl (C=O) groups is 2. The molecule has 0 spiro atoms. The second-order valence-electron chi connectivity index (χ2n) is 4.49. The van der Waals surface area contributed by atoms with Gasteiger partial charge in [0.2, 0.25) is 0 Å². The van der Waals surface area contributed by atoms with Crippen LogP contribution >= 0.6 is 0 Å². The van der Waals surface area contributed by atoms with E-state index in [1.54, 1.807) is 6.92 Å². The third-order valence-electron chi connectivity index (χ3n) is 2.75. The van der Waals surface area contributed by atoms with Gasteiger partial charge in [0.15, 0.2) is 6.04 Å². The number of rotatable bonds is 6. The molecular weight excluding hydrogens is 288 g/mol. The van der Waals surface area contributed by atoms with Crippen LogP contribution in [0.15, 0.2) is 18.2 Å². The maximum absolute atomic E-state index is 12.1. The van der Waals surface area contributed by atoms with E-state index < -0.39 is 24.0 Å². The zero-order chi connectivity index (χ0) is 16.7. The van der Waals surface area contributed by atoms with Crippen LogP contribution in [0, 0.1) is 12.3 Å². The molecule has 0 aliphatic rings. The van der Waals surface area contributed by atoms with Crippen LogP contribution in [0.25, 0.3) is 0 Å². The summed E-state index contributed by atoms with van der Waals surface area (Å²) in [5, 5.41) is 21.7. The summed E-state index contributed by atoms with van der Waals surface area (Å²) in [4.78, 5) is 28.5. The highest BCUT2D eigenvalue weighted by Crippen LogP contribution is 2.18. The lowest BCUT2D eigenvalue weighted by Gasteiger charge is -2.20. The number of terminal acetylenes is 1. The minimum Gasteiger partial charge on any atom is -0.507 e. The number of aromatic hydroxyl groups is 1. The van der Waals surface area contributed by atoms with Crippen molar-refractivity contribution in [3.63, 3.8) is 0 Å². The van der Waals surface area contributed by atoms with Gasteiger partial charge < -0.3 is 20.4 Å². The summed E-state index contributed by atoms with van der Waals surface area (Å²) in [6.07, 6.45) is 4.01. The molecule has 1 aromatic carbocycles. The number of hydrogen-bond donors (Lipinski definition) is 4. The first-order chi connectivity index (χ1) is 10.4. The molecule has 118 valence electrons. The van der Waals surface area contributed by atoms with Gasteiger partial charge >= 0.3 is 5.97 Å². The number of amides is 1. The zero-order valence-corrected chi connectivity index (χ0v) is 12.3. The third-order valence-corrected chi connectivity index (χ3v) is 2.75. The Morgan fingerprint density at radius 3 is 2.64 bits per heavy atom. The van der Waals surface area contributed by atoms with E-state index in [1.165, 1.54) is 25.1 Å². The summed E-state index contributed by atoms with van der Waals surface area (Å²) in [6, 6.07) is 2.78. The minimum absolute atomic E-state index is 0.0686.